The molecule has 0 aliphatic carbocycles. The van der Waals surface area contributed by atoms with E-state index in [0.717, 1.165) is 9.37 Å². The van der Waals surface area contributed by atoms with E-state index >= 15 is 0 Å². The van der Waals surface area contributed by atoms with Gasteiger partial charge in [0, 0.05) is 20.0 Å². The molecule has 98 valence electrons. The largest absolute Gasteiger partial charge is 0.478 e. The van der Waals surface area contributed by atoms with E-state index in [1.54, 1.807) is 30.5 Å². The molecule has 2 rings (SSSR count). The third-order valence-electron chi connectivity index (χ3n) is 2.16. The lowest BCUT2D eigenvalue weighted by Crippen LogP contribution is -1.97. The lowest BCUT2D eigenvalue weighted by Gasteiger charge is -2.05. The van der Waals surface area contributed by atoms with Crippen LogP contribution in [0.5, 0.6) is 0 Å². The summed E-state index contributed by atoms with van der Waals surface area (Å²) in [6.45, 7) is 0. The Balaban J connectivity index is 2.33. The molecule has 0 atom stereocenters. The maximum absolute atomic E-state index is 11.1. The molecule has 0 bridgehead atoms. The number of pyridine rings is 1. The Kier molecular flexibility index (Phi) is 4.89. The summed E-state index contributed by atoms with van der Waals surface area (Å²) in [5.41, 5.74) is 0.207. The molecule has 1 N–H and O–H groups in total. The first-order valence-electron chi connectivity index (χ1n) is 4.99. The van der Waals surface area contributed by atoms with Crippen molar-refractivity contribution in [1.82, 2.24) is 4.98 Å². The van der Waals surface area contributed by atoms with Crippen LogP contribution in [0, 0.1) is 0 Å². The average molecular weight is 424 g/mol. The quantitative estimate of drug-likeness (QED) is 0.745. The molecule has 3 nitrogen and oxygen atoms in total. The Morgan fingerprint density at radius 2 is 2.05 bits per heavy atom. The van der Waals surface area contributed by atoms with E-state index in [4.69, 9.17) is 16.7 Å². The molecule has 1 aromatic carbocycles. The molecular weight excluding hydrogens is 417 g/mol. The van der Waals surface area contributed by atoms with Crippen molar-refractivity contribution in [2.24, 2.45) is 0 Å². The molecule has 0 saturated carbocycles. The molecule has 7 heteroatoms. The fourth-order valence-electron chi connectivity index (χ4n) is 1.32. The normalized spacial score (nSPS) is 10.5. The van der Waals surface area contributed by atoms with Crippen LogP contribution in [-0.4, -0.2) is 16.1 Å². The van der Waals surface area contributed by atoms with E-state index < -0.39 is 5.97 Å². The van der Waals surface area contributed by atoms with Crippen LogP contribution >= 0.6 is 55.2 Å². The Labute approximate surface area is 135 Å². The zero-order valence-corrected chi connectivity index (χ0v) is 14.0. The summed E-state index contributed by atoms with van der Waals surface area (Å²) >= 11 is 13.9. The zero-order valence-electron chi connectivity index (χ0n) is 9.23. The minimum Gasteiger partial charge on any atom is -0.478 e. The molecule has 0 fully saturated rings. The van der Waals surface area contributed by atoms with Crippen molar-refractivity contribution in [2.75, 3.05) is 0 Å². The van der Waals surface area contributed by atoms with Gasteiger partial charge in [0.25, 0.3) is 0 Å². The lowest BCUT2D eigenvalue weighted by molar-refractivity contribution is 0.0695. The second kappa shape index (κ2) is 6.26. The lowest BCUT2D eigenvalue weighted by atomic mass is 10.2. The average Bonchev–Trinajstić information content (AvgIpc) is 2.34. The third-order valence-corrected chi connectivity index (χ3v) is 4.69. The summed E-state index contributed by atoms with van der Waals surface area (Å²) in [4.78, 5) is 16.0. The molecule has 0 amide bonds. The van der Waals surface area contributed by atoms with Gasteiger partial charge in [-0.25, -0.2) is 9.78 Å². The van der Waals surface area contributed by atoms with Gasteiger partial charge in [-0.3, -0.25) is 0 Å². The summed E-state index contributed by atoms with van der Waals surface area (Å²) in [5, 5.41) is 10.2. The number of hydrogen-bond acceptors (Lipinski definition) is 3. The molecule has 0 spiro atoms. The van der Waals surface area contributed by atoms with Gasteiger partial charge in [0.05, 0.1) is 10.6 Å². The molecule has 19 heavy (non-hydrogen) atoms. The van der Waals surface area contributed by atoms with Gasteiger partial charge < -0.3 is 5.11 Å². The predicted molar refractivity (Wildman–Crippen MR) is 82.2 cm³/mol. The van der Waals surface area contributed by atoms with Crippen LogP contribution in [0.2, 0.25) is 5.02 Å². The van der Waals surface area contributed by atoms with Gasteiger partial charge in [-0.05, 0) is 56.1 Å². The van der Waals surface area contributed by atoms with Crippen molar-refractivity contribution in [3.05, 3.63) is 50.0 Å². The fourth-order valence-corrected chi connectivity index (χ4v) is 3.28. The smallest absolute Gasteiger partial charge is 0.336 e. The van der Waals surface area contributed by atoms with E-state index in [1.165, 1.54) is 11.8 Å². The molecule has 0 radical (unpaired) electrons. The Bertz CT molecular complexity index is 652. The molecule has 0 saturated heterocycles. The molecular formula is C12H6Br2ClNO2S. The maximum atomic E-state index is 11.1. The minimum atomic E-state index is -0.982. The van der Waals surface area contributed by atoms with Gasteiger partial charge in [-0.1, -0.05) is 23.4 Å². The summed E-state index contributed by atoms with van der Waals surface area (Å²) in [6.07, 6.45) is 1.64. The number of halogens is 3. The van der Waals surface area contributed by atoms with Gasteiger partial charge in [0.15, 0.2) is 0 Å². The highest BCUT2D eigenvalue weighted by molar-refractivity contribution is 9.10. The van der Waals surface area contributed by atoms with Gasteiger partial charge in [0.1, 0.15) is 5.03 Å². The summed E-state index contributed by atoms with van der Waals surface area (Å²) in [5.74, 6) is -0.982. The van der Waals surface area contributed by atoms with Crippen molar-refractivity contribution < 1.29 is 9.90 Å². The number of carbonyl (C=O) groups is 1. The topological polar surface area (TPSA) is 50.2 Å². The second-order valence-electron chi connectivity index (χ2n) is 3.49. The van der Waals surface area contributed by atoms with Crippen molar-refractivity contribution in [1.29, 1.82) is 0 Å². The number of rotatable bonds is 3. The van der Waals surface area contributed by atoms with Gasteiger partial charge >= 0.3 is 5.97 Å². The third kappa shape index (κ3) is 3.72. The van der Waals surface area contributed by atoms with E-state index in [1.807, 2.05) is 0 Å². The van der Waals surface area contributed by atoms with Crippen molar-refractivity contribution in [3.63, 3.8) is 0 Å². The molecule has 0 aliphatic rings. The van der Waals surface area contributed by atoms with E-state index in [-0.39, 0.29) is 5.56 Å². The fraction of sp³-hybridized carbons (Fsp3) is 0. The highest BCUT2D eigenvalue weighted by Crippen LogP contribution is 2.34. The Morgan fingerprint density at radius 3 is 2.68 bits per heavy atom. The first-order chi connectivity index (χ1) is 8.97. The van der Waals surface area contributed by atoms with Gasteiger partial charge in [-0.15, -0.1) is 0 Å². The molecule has 0 aliphatic heterocycles. The molecule has 0 unspecified atom stereocenters. The second-order valence-corrected chi connectivity index (χ2v) is 6.73. The predicted octanol–water partition coefficient (Wildman–Crippen LogP) is 5.11. The minimum absolute atomic E-state index is 0.207. The van der Waals surface area contributed by atoms with E-state index in [2.05, 4.69) is 36.8 Å². The maximum Gasteiger partial charge on any atom is 0.336 e. The summed E-state index contributed by atoms with van der Waals surface area (Å²) in [7, 11) is 0. The number of carboxylic acids is 1. The van der Waals surface area contributed by atoms with Gasteiger partial charge in [-0.2, -0.15) is 0 Å². The first-order valence-corrected chi connectivity index (χ1v) is 7.77. The van der Waals surface area contributed by atoms with Crippen molar-refractivity contribution in [3.8, 4) is 0 Å². The number of aromatic nitrogens is 1. The van der Waals surface area contributed by atoms with E-state index in [0.29, 0.717) is 14.5 Å². The monoisotopic (exact) mass is 421 g/mol. The number of aromatic carboxylic acids is 1. The van der Waals surface area contributed by atoms with Crippen molar-refractivity contribution >= 4 is 61.2 Å². The van der Waals surface area contributed by atoms with Crippen LogP contribution in [0.4, 0.5) is 0 Å². The Morgan fingerprint density at radius 1 is 1.32 bits per heavy atom. The number of hydrogen-bond donors (Lipinski definition) is 1. The number of benzene rings is 1. The highest BCUT2D eigenvalue weighted by atomic mass is 79.9. The van der Waals surface area contributed by atoms with Crippen LogP contribution in [0.25, 0.3) is 0 Å². The Hall–Kier alpha value is -0.560. The SMILES string of the molecule is O=C(O)c1cc(Sc2ncc(Br)cc2Cl)ccc1Br. The van der Waals surface area contributed by atoms with Crippen LogP contribution in [0.15, 0.2) is 49.3 Å². The van der Waals surface area contributed by atoms with Crippen LogP contribution < -0.4 is 0 Å². The summed E-state index contributed by atoms with van der Waals surface area (Å²) in [6, 6.07) is 6.82. The first kappa shape index (κ1) is 14.8. The molecule has 1 aromatic heterocycles. The van der Waals surface area contributed by atoms with E-state index in [9.17, 15) is 4.79 Å². The van der Waals surface area contributed by atoms with Crippen LogP contribution in [0.3, 0.4) is 0 Å². The highest BCUT2D eigenvalue weighted by Gasteiger charge is 2.11. The standard InChI is InChI=1S/C12H6Br2ClNO2S/c13-6-3-10(15)11(16-5-6)19-7-1-2-9(14)8(4-7)12(17)18/h1-5H,(H,17,18). The van der Waals surface area contributed by atoms with Crippen LogP contribution in [-0.2, 0) is 0 Å². The molecule has 2 aromatic rings. The van der Waals surface area contributed by atoms with Crippen LogP contribution in [0.1, 0.15) is 10.4 Å². The van der Waals surface area contributed by atoms with Crippen molar-refractivity contribution in [2.45, 2.75) is 9.92 Å². The zero-order chi connectivity index (χ0) is 14.0. The summed E-state index contributed by atoms with van der Waals surface area (Å²) < 4.78 is 1.34. The van der Waals surface area contributed by atoms with Gasteiger partial charge in [0.2, 0.25) is 0 Å². The number of nitrogens with zero attached hydrogens (tertiary/aromatic N) is 1. The molecule has 1 heterocycles. The number of carboxylic acid groups (broad SMARTS) is 1.